The van der Waals surface area contributed by atoms with Crippen LogP contribution in [0.4, 0.5) is 11.4 Å². The molecule has 6 rings (SSSR count). The minimum absolute atomic E-state index is 0.0280. The molecule has 0 N–H and O–H groups in total. The maximum absolute atomic E-state index is 13.8. The Bertz CT molecular complexity index is 1500. The number of carbonyl (C=O) groups is 3. The summed E-state index contributed by atoms with van der Waals surface area (Å²) in [5, 5.41) is 0.576. The van der Waals surface area contributed by atoms with Gasteiger partial charge in [0, 0.05) is 65.8 Å². The van der Waals surface area contributed by atoms with Crippen molar-refractivity contribution in [2.75, 3.05) is 55.7 Å². The Hall–Kier alpha value is -3.72. The summed E-state index contributed by atoms with van der Waals surface area (Å²) in [5.41, 5.74) is 4.66. The molecule has 1 atom stereocenters. The van der Waals surface area contributed by atoms with Crippen LogP contribution in [0.5, 0.6) is 0 Å². The molecule has 0 radical (unpaired) electrons. The van der Waals surface area contributed by atoms with Crippen molar-refractivity contribution in [2.24, 2.45) is 0 Å². The van der Waals surface area contributed by atoms with E-state index in [2.05, 4.69) is 11.8 Å². The number of halogens is 1. The van der Waals surface area contributed by atoms with E-state index in [0.29, 0.717) is 36.7 Å². The van der Waals surface area contributed by atoms with Crippen LogP contribution in [-0.2, 0) is 16.1 Å². The number of carbonyl (C=O) groups excluding carboxylic acids is 3. The van der Waals surface area contributed by atoms with E-state index in [1.807, 2.05) is 53.4 Å². The van der Waals surface area contributed by atoms with Crippen LogP contribution < -0.4 is 9.80 Å². The van der Waals surface area contributed by atoms with Gasteiger partial charge in [0.2, 0.25) is 5.91 Å². The minimum Gasteiger partial charge on any atom is -0.373 e. The number of likely N-dealkylation sites (N-methyl/N-ethyl adjacent to an activating group) is 1. The molecule has 3 aliphatic rings. The zero-order valence-corrected chi connectivity index (χ0v) is 25.3. The van der Waals surface area contributed by atoms with Gasteiger partial charge in [0.05, 0.1) is 25.7 Å². The Kier molecular flexibility index (Phi) is 8.79. The van der Waals surface area contributed by atoms with E-state index < -0.39 is 0 Å². The predicted molar refractivity (Wildman–Crippen MR) is 168 cm³/mol. The van der Waals surface area contributed by atoms with Crippen molar-refractivity contribution in [3.05, 3.63) is 94.0 Å². The van der Waals surface area contributed by atoms with Crippen molar-refractivity contribution in [1.29, 1.82) is 0 Å². The Morgan fingerprint density at radius 1 is 0.953 bits per heavy atom. The van der Waals surface area contributed by atoms with Crippen molar-refractivity contribution < 1.29 is 19.1 Å². The quantitative estimate of drug-likeness (QED) is 0.355. The molecule has 1 fully saturated rings. The molecule has 1 unspecified atom stereocenters. The van der Waals surface area contributed by atoms with Crippen LogP contribution >= 0.6 is 11.6 Å². The van der Waals surface area contributed by atoms with Gasteiger partial charge >= 0.3 is 0 Å². The van der Waals surface area contributed by atoms with E-state index in [1.54, 1.807) is 28.0 Å². The topological polar surface area (TPSA) is 73.4 Å². The van der Waals surface area contributed by atoms with Gasteiger partial charge in [0.25, 0.3) is 11.8 Å². The first-order valence-corrected chi connectivity index (χ1v) is 15.5. The second kappa shape index (κ2) is 12.9. The van der Waals surface area contributed by atoms with Crippen LogP contribution in [0.15, 0.2) is 66.7 Å². The van der Waals surface area contributed by atoms with Crippen LogP contribution in [0, 0.1) is 0 Å². The Morgan fingerprint density at radius 2 is 1.72 bits per heavy atom. The second-order valence-corrected chi connectivity index (χ2v) is 11.8. The van der Waals surface area contributed by atoms with Gasteiger partial charge in [0.1, 0.15) is 0 Å². The number of rotatable bonds is 7. The summed E-state index contributed by atoms with van der Waals surface area (Å²) in [6.45, 7) is 7.87. The van der Waals surface area contributed by atoms with Gasteiger partial charge in [-0.25, -0.2) is 0 Å². The summed E-state index contributed by atoms with van der Waals surface area (Å²) >= 11 is 6.42. The summed E-state index contributed by atoms with van der Waals surface area (Å²) in [6.07, 6.45) is 1.53. The maximum Gasteiger partial charge on any atom is 0.258 e. The number of anilines is 2. The highest BCUT2D eigenvalue weighted by molar-refractivity contribution is 6.30. The first-order valence-electron chi connectivity index (χ1n) is 15.2. The van der Waals surface area contributed by atoms with E-state index >= 15 is 0 Å². The normalized spacial score (nSPS) is 18.8. The standard InChI is InChI=1S/C34H37ClN4O4/c1-2-36-17-19-37(20-18-36)32(40)15-21-43-31-8-5-16-38(30-14-11-26(35)22-29(30)31)33(41)24-9-12-27(13-10-24)39-23-25-6-3-4-7-28(25)34(39)42/h3-4,6-7,9-14,22,31H,2,5,8,15-21,23H2,1H3. The fourth-order valence-corrected chi connectivity index (χ4v) is 6.47. The summed E-state index contributed by atoms with van der Waals surface area (Å²) in [5.74, 6) is -0.0246. The van der Waals surface area contributed by atoms with E-state index in [1.165, 1.54) is 0 Å². The largest absolute Gasteiger partial charge is 0.373 e. The molecule has 0 saturated carbocycles. The Morgan fingerprint density at radius 3 is 2.47 bits per heavy atom. The lowest BCUT2D eigenvalue weighted by atomic mass is 10.0. The van der Waals surface area contributed by atoms with E-state index in [-0.39, 0.29) is 23.8 Å². The first-order chi connectivity index (χ1) is 20.9. The van der Waals surface area contributed by atoms with Crippen molar-refractivity contribution in [2.45, 2.75) is 38.8 Å². The predicted octanol–water partition coefficient (Wildman–Crippen LogP) is 5.55. The van der Waals surface area contributed by atoms with Crippen LogP contribution in [0.2, 0.25) is 5.02 Å². The number of piperazine rings is 1. The minimum atomic E-state index is -0.263. The van der Waals surface area contributed by atoms with Gasteiger partial charge in [-0.15, -0.1) is 0 Å². The van der Waals surface area contributed by atoms with Gasteiger partial charge in [0.15, 0.2) is 0 Å². The highest BCUT2D eigenvalue weighted by Crippen LogP contribution is 2.38. The van der Waals surface area contributed by atoms with Crippen molar-refractivity contribution >= 4 is 40.7 Å². The molecule has 8 nitrogen and oxygen atoms in total. The smallest absolute Gasteiger partial charge is 0.258 e. The van der Waals surface area contributed by atoms with Crippen LogP contribution in [0.3, 0.4) is 0 Å². The zero-order chi connectivity index (χ0) is 29.9. The molecule has 3 amide bonds. The van der Waals surface area contributed by atoms with Crippen LogP contribution in [0.1, 0.15) is 64.1 Å². The highest BCUT2D eigenvalue weighted by atomic mass is 35.5. The highest BCUT2D eigenvalue weighted by Gasteiger charge is 2.30. The fraction of sp³-hybridized carbons (Fsp3) is 0.382. The van der Waals surface area contributed by atoms with Crippen molar-refractivity contribution in [3.63, 3.8) is 0 Å². The number of ether oxygens (including phenoxy) is 1. The monoisotopic (exact) mass is 600 g/mol. The summed E-state index contributed by atoms with van der Waals surface area (Å²) < 4.78 is 6.30. The maximum atomic E-state index is 13.8. The molecular weight excluding hydrogens is 564 g/mol. The first kappa shape index (κ1) is 29.4. The molecule has 0 spiro atoms. The van der Waals surface area contributed by atoms with E-state index in [0.717, 1.165) is 73.6 Å². The third-order valence-electron chi connectivity index (χ3n) is 8.77. The molecular formula is C34H37ClN4O4. The molecule has 3 heterocycles. The molecule has 0 bridgehead atoms. The summed E-state index contributed by atoms with van der Waals surface area (Å²) in [6, 6.07) is 20.4. The average Bonchev–Trinajstić information content (AvgIpc) is 3.27. The number of hydrogen-bond donors (Lipinski definition) is 0. The summed E-state index contributed by atoms with van der Waals surface area (Å²) in [7, 11) is 0. The average molecular weight is 601 g/mol. The number of amides is 3. The lowest BCUT2D eigenvalue weighted by Gasteiger charge is -2.34. The third kappa shape index (κ3) is 6.18. The Balaban J connectivity index is 1.13. The molecule has 3 aromatic carbocycles. The van der Waals surface area contributed by atoms with Gasteiger partial charge in [-0.05, 0) is 73.5 Å². The number of fused-ring (bicyclic) bond motifs is 2. The molecule has 43 heavy (non-hydrogen) atoms. The number of benzene rings is 3. The van der Waals surface area contributed by atoms with Gasteiger partial charge < -0.3 is 24.3 Å². The van der Waals surface area contributed by atoms with E-state index in [9.17, 15) is 14.4 Å². The second-order valence-electron chi connectivity index (χ2n) is 11.3. The molecule has 0 aliphatic carbocycles. The van der Waals surface area contributed by atoms with Crippen molar-refractivity contribution in [3.8, 4) is 0 Å². The molecule has 3 aliphatic heterocycles. The van der Waals surface area contributed by atoms with Gasteiger partial charge in [-0.2, -0.15) is 0 Å². The molecule has 1 saturated heterocycles. The van der Waals surface area contributed by atoms with Gasteiger partial charge in [-0.1, -0.05) is 36.7 Å². The zero-order valence-electron chi connectivity index (χ0n) is 24.5. The summed E-state index contributed by atoms with van der Waals surface area (Å²) in [4.78, 5) is 47.4. The van der Waals surface area contributed by atoms with Crippen LogP contribution in [-0.4, -0.2) is 73.4 Å². The molecule has 9 heteroatoms. The molecule has 0 aromatic heterocycles. The fourth-order valence-electron chi connectivity index (χ4n) is 6.29. The van der Waals surface area contributed by atoms with Crippen molar-refractivity contribution in [1.82, 2.24) is 9.80 Å². The number of nitrogens with zero attached hydrogens (tertiary/aromatic N) is 4. The SMILES string of the molecule is CCN1CCN(C(=O)CCOC2CCCN(C(=O)c3ccc(N4Cc5ccccc5C4=O)cc3)c3ccc(Cl)cc32)CC1. The lowest BCUT2D eigenvalue weighted by Crippen LogP contribution is -2.48. The molecule has 224 valence electrons. The Labute approximate surface area is 257 Å². The van der Waals surface area contributed by atoms with E-state index in [4.69, 9.17) is 16.3 Å². The number of hydrogen-bond acceptors (Lipinski definition) is 5. The molecule has 3 aromatic rings. The third-order valence-corrected chi connectivity index (χ3v) is 9.01. The van der Waals surface area contributed by atoms with Crippen LogP contribution in [0.25, 0.3) is 0 Å². The lowest BCUT2D eigenvalue weighted by molar-refractivity contribution is -0.134. The van der Waals surface area contributed by atoms with Gasteiger partial charge in [-0.3, -0.25) is 14.4 Å².